The molecular weight excluding hydrogens is 378 g/mol. The Morgan fingerprint density at radius 1 is 1.03 bits per heavy atom. The summed E-state index contributed by atoms with van der Waals surface area (Å²) in [5.74, 6) is 0.987. The van der Waals surface area contributed by atoms with Gasteiger partial charge in [0.25, 0.3) is 5.91 Å². The standard InChI is InChI=1S/C23H29N5O2/c1-14-9-16(3)21(25-11-14)27-5-7-28(8-6-27)23(30)18-10-15(2)20(24-13-18)19-17(4)12-26-22(19)29/h9-11,13,17,19H,5-8,12H2,1-4H3,(H,26,29)/t17?,19-/m1/s1. The fourth-order valence-electron chi connectivity index (χ4n) is 4.51. The zero-order valence-corrected chi connectivity index (χ0v) is 18.1. The van der Waals surface area contributed by atoms with Gasteiger partial charge in [-0.1, -0.05) is 13.0 Å². The summed E-state index contributed by atoms with van der Waals surface area (Å²) >= 11 is 0. The van der Waals surface area contributed by atoms with Crippen LogP contribution in [0.25, 0.3) is 0 Å². The lowest BCUT2D eigenvalue weighted by molar-refractivity contribution is -0.120. The molecule has 1 unspecified atom stereocenters. The van der Waals surface area contributed by atoms with E-state index in [1.165, 1.54) is 0 Å². The highest BCUT2D eigenvalue weighted by Gasteiger charge is 2.35. The monoisotopic (exact) mass is 407 g/mol. The van der Waals surface area contributed by atoms with Gasteiger partial charge in [-0.3, -0.25) is 14.6 Å². The van der Waals surface area contributed by atoms with E-state index in [0.717, 1.165) is 41.3 Å². The number of piperazine rings is 1. The third kappa shape index (κ3) is 3.76. The van der Waals surface area contributed by atoms with E-state index in [4.69, 9.17) is 0 Å². The molecule has 0 aromatic carbocycles. The molecule has 0 spiro atoms. The molecule has 0 saturated carbocycles. The average Bonchev–Trinajstić information content (AvgIpc) is 3.06. The first-order valence-corrected chi connectivity index (χ1v) is 10.6. The van der Waals surface area contributed by atoms with E-state index in [0.29, 0.717) is 25.2 Å². The van der Waals surface area contributed by atoms with Crippen molar-refractivity contribution in [2.45, 2.75) is 33.6 Å². The Morgan fingerprint density at radius 3 is 2.37 bits per heavy atom. The lowest BCUT2D eigenvalue weighted by Gasteiger charge is -2.36. The summed E-state index contributed by atoms with van der Waals surface area (Å²) < 4.78 is 0. The van der Waals surface area contributed by atoms with Crippen LogP contribution in [0.4, 0.5) is 5.82 Å². The van der Waals surface area contributed by atoms with Gasteiger partial charge in [0.05, 0.1) is 17.2 Å². The minimum atomic E-state index is -0.233. The van der Waals surface area contributed by atoms with Gasteiger partial charge in [-0.15, -0.1) is 0 Å². The number of aromatic nitrogens is 2. The maximum Gasteiger partial charge on any atom is 0.255 e. The number of amides is 2. The molecule has 30 heavy (non-hydrogen) atoms. The van der Waals surface area contributed by atoms with Gasteiger partial charge in [0.2, 0.25) is 5.91 Å². The number of carbonyl (C=O) groups is 2. The number of nitrogens with zero attached hydrogens (tertiary/aromatic N) is 4. The number of anilines is 1. The molecule has 2 aliphatic heterocycles. The molecule has 0 aliphatic carbocycles. The lowest BCUT2D eigenvalue weighted by Crippen LogP contribution is -2.49. The van der Waals surface area contributed by atoms with Crippen LogP contribution in [0.2, 0.25) is 0 Å². The molecule has 2 aliphatic rings. The normalized spacial score (nSPS) is 21.7. The number of nitrogens with one attached hydrogen (secondary N) is 1. The molecule has 2 aromatic heterocycles. The number of aryl methyl sites for hydroxylation is 3. The van der Waals surface area contributed by atoms with Gasteiger partial charge in [-0.2, -0.15) is 0 Å². The fraction of sp³-hybridized carbons (Fsp3) is 0.478. The molecule has 0 bridgehead atoms. The van der Waals surface area contributed by atoms with Crippen molar-refractivity contribution < 1.29 is 9.59 Å². The number of rotatable bonds is 3. The van der Waals surface area contributed by atoms with Gasteiger partial charge < -0.3 is 15.1 Å². The summed E-state index contributed by atoms with van der Waals surface area (Å²) in [7, 11) is 0. The van der Waals surface area contributed by atoms with Crippen LogP contribution in [-0.4, -0.2) is 59.4 Å². The molecule has 1 N–H and O–H groups in total. The van der Waals surface area contributed by atoms with Crippen LogP contribution in [0.1, 0.15) is 45.6 Å². The molecule has 2 saturated heterocycles. The van der Waals surface area contributed by atoms with Gasteiger partial charge in [0, 0.05) is 45.1 Å². The summed E-state index contributed by atoms with van der Waals surface area (Å²) in [4.78, 5) is 38.4. The predicted molar refractivity (Wildman–Crippen MR) is 116 cm³/mol. The summed E-state index contributed by atoms with van der Waals surface area (Å²) in [5.41, 5.74) is 4.57. The van der Waals surface area contributed by atoms with Crippen molar-refractivity contribution in [3.05, 3.63) is 52.5 Å². The number of hydrogen-bond donors (Lipinski definition) is 1. The Hall–Kier alpha value is -2.96. The van der Waals surface area contributed by atoms with Crippen molar-refractivity contribution in [1.82, 2.24) is 20.2 Å². The van der Waals surface area contributed by atoms with Gasteiger partial charge in [-0.25, -0.2) is 4.98 Å². The third-order valence-electron chi connectivity index (χ3n) is 6.16. The highest BCUT2D eigenvalue weighted by atomic mass is 16.2. The predicted octanol–water partition coefficient (Wildman–Crippen LogP) is 2.21. The second kappa shape index (κ2) is 8.05. The molecule has 2 amide bonds. The number of carbonyl (C=O) groups excluding carboxylic acids is 2. The molecule has 4 rings (SSSR count). The second-order valence-corrected chi connectivity index (χ2v) is 8.56. The zero-order valence-electron chi connectivity index (χ0n) is 18.1. The summed E-state index contributed by atoms with van der Waals surface area (Å²) in [6, 6.07) is 4.02. The Balaban J connectivity index is 1.44. The Labute approximate surface area is 177 Å². The first-order valence-electron chi connectivity index (χ1n) is 10.6. The maximum atomic E-state index is 13.0. The highest BCUT2D eigenvalue weighted by Crippen LogP contribution is 2.30. The van der Waals surface area contributed by atoms with Crippen LogP contribution in [-0.2, 0) is 4.79 Å². The van der Waals surface area contributed by atoms with Crippen LogP contribution < -0.4 is 10.2 Å². The summed E-state index contributed by atoms with van der Waals surface area (Å²) in [5, 5.41) is 2.89. The van der Waals surface area contributed by atoms with Crippen LogP contribution in [0.5, 0.6) is 0 Å². The average molecular weight is 408 g/mol. The molecule has 2 atom stereocenters. The van der Waals surface area contributed by atoms with Gasteiger partial charge in [0.15, 0.2) is 0 Å². The molecule has 2 fully saturated rings. The summed E-state index contributed by atoms with van der Waals surface area (Å²) in [6.07, 6.45) is 3.52. The van der Waals surface area contributed by atoms with Crippen LogP contribution >= 0.6 is 0 Å². The first kappa shape index (κ1) is 20.3. The van der Waals surface area contributed by atoms with E-state index in [2.05, 4.69) is 33.2 Å². The van der Waals surface area contributed by atoms with Crippen molar-refractivity contribution in [3.63, 3.8) is 0 Å². The van der Waals surface area contributed by atoms with Crippen molar-refractivity contribution >= 4 is 17.6 Å². The smallest absolute Gasteiger partial charge is 0.255 e. The molecule has 158 valence electrons. The number of pyridine rings is 2. The Bertz CT molecular complexity index is 982. The SMILES string of the molecule is Cc1cnc(N2CCN(C(=O)c3cnc([C@@H]4C(=O)NCC4C)c(C)c3)CC2)c(C)c1. The minimum absolute atomic E-state index is 0.00527. The van der Waals surface area contributed by atoms with Gasteiger partial charge in [0.1, 0.15) is 5.82 Å². The van der Waals surface area contributed by atoms with Gasteiger partial charge >= 0.3 is 0 Å². The van der Waals surface area contributed by atoms with Crippen molar-refractivity contribution in [2.24, 2.45) is 5.92 Å². The maximum absolute atomic E-state index is 13.0. The van der Waals surface area contributed by atoms with Crippen molar-refractivity contribution in [3.8, 4) is 0 Å². The summed E-state index contributed by atoms with van der Waals surface area (Å²) in [6.45, 7) is 11.6. The van der Waals surface area contributed by atoms with Crippen molar-refractivity contribution in [1.29, 1.82) is 0 Å². The minimum Gasteiger partial charge on any atom is -0.355 e. The van der Waals surface area contributed by atoms with E-state index >= 15 is 0 Å². The highest BCUT2D eigenvalue weighted by molar-refractivity contribution is 5.94. The molecule has 2 aromatic rings. The fourth-order valence-corrected chi connectivity index (χ4v) is 4.51. The largest absolute Gasteiger partial charge is 0.355 e. The molecular formula is C23H29N5O2. The zero-order chi connectivity index (χ0) is 21.4. The van der Waals surface area contributed by atoms with Crippen LogP contribution in [0, 0.1) is 26.7 Å². The Morgan fingerprint density at radius 2 is 1.77 bits per heavy atom. The topological polar surface area (TPSA) is 78.4 Å². The first-order chi connectivity index (χ1) is 14.3. The lowest BCUT2D eigenvalue weighted by atomic mass is 9.90. The molecule has 4 heterocycles. The Kier molecular flexibility index (Phi) is 5.45. The molecule has 7 heteroatoms. The van der Waals surface area contributed by atoms with E-state index in [1.807, 2.05) is 37.9 Å². The van der Waals surface area contributed by atoms with E-state index < -0.39 is 0 Å². The molecule has 0 radical (unpaired) electrons. The van der Waals surface area contributed by atoms with E-state index in [1.54, 1.807) is 6.20 Å². The quantitative estimate of drug-likeness (QED) is 0.844. The van der Waals surface area contributed by atoms with Crippen LogP contribution in [0.15, 0.2) is 24.5 Å². The van der Waals surface area contributed by atoms with E-state index in [9.17, 15) is 9.59 Å². The second-order valence-electron chi connectivity index (χ2n) is 8.56. The van der Waals surface area contributed by atoms with Crippen LogP contribution in [0.3, 0.4) is 0 Å². The van der Waals surface area contributed by atoms with E-state index in [-0.39, 0.29) is 23.7 Å². The third-order valence-corrected chi connectivity index (χ3v) is 6.16. The van der Waals surface area contributed by atoms with Crippen molar-refractivity contribution in [2.75, 3.05) is 37.6 Å². The van der Waals surface area contributed by atoms with Gasteiger partial charge in [-0.05, 0) is 49.4 Å². The number of hydrogen-bond acceptors (Lipinski definition) is 5. The molecule has 7 nitrogen and oxygen atoms in total.